The molecule has 3 rings (SSSR count). The van der Waals surface area contributed by atoms with Crippen LogP contribution in [-0.2, 0) is 4.74 Å². The molecule has 1 aromatic carbocycles. The summed E-state index contributed by atoms with van der Waals surface area (Å²) < 4.78 is 9.95. The number of carbonyl (C=O) groups is 1. The Hall–Kier alpha value is -2.56. The van der Waals surface area contributed by atoms with Gasteiger partial charge in [-0.2, -0.15) is 0 Å². The van der Waals surface area contributed by atoms with Crippen molar-refractivity contribution in [2.45, 2.75) is 6.92 Å². The molecule has 0 atom stereocenters. The van der Waals surface area contributed by atoms with Crippen LogP contribution in [0, 0.1) is 6.92 Å². The van der Waals surface area contributed by atoms with Gasteiger partial charge in [-0.05, 0) is 24.6 Å². The summed E-state index contributed by atoms with van der Waals surface area (Å²) in [6.45, 7) is 1.69. The van der Waals surface area contributed by atoms with Gasteiger partial charge in [0, 0.05) is 5.39 Å². The number of aryl methyl sites for hydroxylation is 1. The molecule has 0 fully saturated rings. The summed E-state index contributed by atoms with van der Waals surface area (Å²) in [6, 6.07) is 7.17. The first-order valence-electron chi connectivity index (χ1n) is 5.76. The van der Waals surface area contributed by atoms with E-state index >= 15 is 0 Å². The van der Waals surface area contributed by atoms with E-state index < -0.39 is 11.6 Å². The van der Waals surface area contributed by atoms with Gasteiger partial charge < -0.3 is 14.1 Å². The highest BCUT2D eigenvalue weighted by atomic mass is 16.5. The molecule has 0 amide bonds. The Morgan fingerprint density at radius 1 is 1.32 bits per heavy atom. The van der Waals surface area contributed by atoms with Crippen molar-refractivity contribution in [3.63, 3.8) is 0 Å². The minimum Gasteiger partial charge on any atom is -0.464 e. The van der Waals surface area contributed by atoms with Crippen LogP contribution in [0.5, 0.6) is 0 Å². The Balaban J connectivity index is 2.52. The summed E-state index contributed by atoms with van der Waals surface area (Å²) in [5, 5.41) is 1.15. The molecule has 0 radical (unpaired) electrons. The highest BCUT2D eigenvalue weighted by Crippen LogP contribution is 2.26. The molecule has 2 heterocycles. The standard InChI is InChI=1S/C14H11NO4/c1-7-10-12(15-11(7)14(17)18-2)8-5-3-4-6-9(8)19-13(10)16/h3-6,15H,1-2H3. The zero-order valence-electron chi connectivity index (χ0n) is 10.4. The number of nitrogens with one attached hydrogen (secondary N) is 1. The second kappa shape index (κ2) is 3.98. The van der Waals surface area contributed by atoms with Crippen molar-refractivity contribution >= 4 is 27.8 Å². The van der Waals surface area contributed by atoms with E-state index in [0.29, 0.717) is 22.0 Å². The lowest BCUT2D eigenvalue weighted by atomic mass is 10.1. The molecule has 1 N–H and O–H groups in total. The second-order valence-electron chi connectivity index (χ2n) is 4.25. The van der Waals surface area contributed by atoms with Crippen LogP contribution in [0.25, 0.3) is 21.9 Å². The van der Waals surface area contributed by atoms with E-state index in [2.05, 4.69) is 4.98 Å². The van der Waals surface area contributed by atoms with Gasteiger partial charge in [-0.25, -0.2) is 9.59 Å². The van der Waals surface area contributed by atoms with E-state index in [4.69, 9.17) is 9.15 Å². The number of aromatic nitrogens is 1. The lowest BCUT2D eigenvalue weighted by Crippen LogP contribution is -2.04. The Bertz CT molecular complexity index is 857. The summed E-state index contributed by atoms with van der Waals surface area (Å²) in [5.74, 6) is -0.503. The fourth-order valence-electron chi connectivity index (χ4n) is 2.27. The highest BCUT2D eigenvalue weighted by Gasteiger charge is 2.19. The van der Waals surface area contributed by atoms with Gasteiger partial charge in [0.1, 0.15) is 11.3 Å². The molecule has 0 aliphatic rings. The quantitative estimate of drug-likeness (QED) is 0.536. The molecule has 5 nitrogen and oxygen atoms in total. The molecule has 19 heavy (non-hydrogen) atoms. The number of hydrogen-bond donors (Lipinski definition) is 1. The van der Waals surface area contributed by atoms with Gasteiger partial charge >= 0.3 is 11.6 Å². The summed E-state index contributed by atoms with van der Waals surface area (Å²) in [6.07, 6.45) is 0. The number of fused-ring (bicyclic) bond motifs is 3. The van der Waals surface area contributed by atoms with Crippen LogP contribution in [0.1, 0.15) is 16.1 Å². The predicted molar refractivity (Wildman–Crippen MR) is 70.4 cm³/mol. The zero-order valence-corrected chi connectivity index (χ0v) is 10.4. The van der Waals surface area contributed by atoms with Gasteiger partial charge in [0.05, 0.1) is 18.0 Å². The van der Waals surface area contributed by atoms with Crippen LogP contribution in [0.2, 0.25) is 0 Å². The number of rotatable bonds is 1. The maximum atomic E-state index is 12.0. The van der Waals surface area contributed by atoms with Crippen molar-refractivity contribution in [3.8, 4) is 0 Å². The van der Waals surface area contributed by atoms with E-state index in [9.17, 15) is 9.59 Å². The van der Waals surface area contributed by atoms with Gasteiger partial charge in [0.25, 0.3) is 0 Å². The zero-order chi connectivity index (χ0) is 13.6. The first-order chi connectivity index (χ1) is 9.13. The second-order valence-corrected chi connectivity index (χ2v) is 4.25. The average molecular weight is 257 g/mol. The van der Waals surface area contributed by atoms with Crippen LogP contribution in [0.15, 0.2) is 33.5 Å². The summed E-state index contributed by atoms with van der Waals surface area (Å²) >= 11 is 0. The summed E-state index contributed by atoms with van der Waals surface area (Å²) in [4.78, 5) is 26.6. The van der Waals surface area contributed by atoms with Crippen LogP contribution in [-0.4, -0.2) is 18.1 Å². The Morgan fingerprint density at radius 2 is 2.05 bits per heavy atom. The minimum absolute atomic E-state index is 0.279. The monoisotopic (exact) mass is 257 g/mol. The van der Waals surface area contributed by atoms with E-state index in [1.165, 1.54) is 7.11 Å². The van der Waals surface area contributed by atoms with Gasteiger partial charge in [0.15, 0.2) is 0 Å². The fourth-order valence-corrected chi connectivity index (χ4v) is 2.27. The van der Waals surface area contributed by atoms with Crippen molar-refractivity contribution in [1.82, 2.24) is 4.98 Å². The molecule has 0 aliphatic heterocycles. The highest BCUT2D eigenvalue weighted by molar-refractivity contribution is 6.07. The first-order valence-corrected chi connectivity index (χ1v) is 5.76. The van der Waals surface area contributed by atoms with E-state index in [-0.39, 0.29) is 5.69 Å². The smallest absolute Gasteiger partial charge is 0.354 e. The normalized spacial score (nSPS) is 11.1. The lowest BCUT2D eigenvalue weighted by Gasteiger charge is -1.97. The van der Waals surface area contributed by atoms with Crippen molar-refractivity contribution in [1.29, 1.82) is 0 Å². The molecule has 0 saturated carbocycles. The fraction of sp³-hybridized carbons (Fsp3) is 0.143. The van der Waals surface area contributed by atoms with Crippen molar-refractivity contribution in [3.05, 3.63) is 45.9 Å². The molecular formula is C14H11NO4. The van der Waals surface area contributed by atoms with Gasteiger partial charge in [-0.15, -0.1) is 0 Å². The van der Waals surface area contributed by atoms with E-state index in [1.807, 2.05) is 12.1 Å². The number of ether oxygens (including phenoxy) is 1. The Kier molecular flexibility index (Phi) is 2.41. The number of hydrogen-bond acceptors (Lipinski definition) is 4. The molecular weight excluding hydrogens is 246 g/mol. The Morgan fingerprint density at radius 3 is 2.79 bits per heavy atom. The maximum Gasteiger partial charge on any atom is 0.354 e. The number of H-pyrrole nitrogens is 1. The largest absolute Gasteiger partial charge is 0.464 e. The van der Waals surface area contributed by atoms with Crippen molar-refractivity contribution < 1.29 is 13.9 Å². The molecule has 96 valence electrons. The third-order valence-electron chi connectivity index (χ3n) is 3.20. The topological polar surface area (TPSA) is 72.3 Å². The third kappa shape index (κ3) is 1.55. The average Bonchev–Trinajstić information content (AvgIpc) is 2.77. The van der Waals surface area contributed by atoms with Crippen LogP contribution in [0.3, 0.4) is 0 Å². The van der Waals surface area contributed by atoms with Gasteiger partial charge in [-0.1, -0.05) is 12.1 Å². The number of carbonyl (C=O) groups excluding carboxylic acids is 1. The lowest BCUT2D eigenvalue weighted by molar-refractivity contribution is 0.0594. The number of esters is 1. The third-order valence-corrected chi connectivity index (χ3v) is 3.20. The minimum atomic E-state index is -0.503. The molecule has 0 bridgehead atoms. The van der Waals surface area contributed by atoms with Crippen molar-refractivity contribution in [2.24, 2.45) is 0 Å². The molecule has 0 aliphatic carbocycles. The predicted octanol–water partition coefficient (Wildman–Crippen LogP) is 2.37. The summed E-state index contributed by atoms with van der Waals surface area (Å²) in [5.41, 5.74) is 1.45. The van der Waals surface area contributed by atoms with Crippen LogP contribution >= 0.6 is 0 Å². The van der Waals surface area contributed by atoms with Crippen molar-refractivity contribution in [2.75, 3.05) is 7.11 Å². The van der Waals surface area contributed by atoms with E-state index in [1.54, 1.807) is 19.1 Å². The number of para-hydroxylation sites is 1. The Labute approximate surface area is 107 Å². The van der Waals surface area contributed by atoms with Gasteiger partial charge in [0.2, 0.25) is 0 Å². The molecule has 0 saturated heterocycles. The van der Waals surface area contributed by atoms with E-state index in [0.717, 1.165) is 5.39 Å². The maximum absolute atomic E-state index is 12.0. The van der Waals surface area contributed by atoms with Gasteiger partial charge in [-0.3, -0.25) is 0 Å². The summed E-state index contributed by atoms with van der Waals surface area (Å²) in [7, 11) is 1.30. The SMILES string of the molecule is COC(=O)c1[nH]c2c(c1C)c(=O)oc1ccccc12. The molecule has 0 unspecified atom stereocenters. The molecule has 5 heteroatoms. The molecule has 2 aromatic heterocycles. The molecule has 3 aromatic rings. The number of aromatic amines is 1. The number of benzene rings is 1. The van der Waals surface area contributed by atoms with Crippen LogP contribution < -0.4 is 5.63 Å². The number of methoxy groups -OCH3 is 1. The molecule has 0 spiro atoms. The first kappa shape index (κ1) is 11.5. The van der Waals surface area contributed by atoms with Crippen LogP contribution in [0.4, 0.5) is 0 Å².